The molecular formula is C19H34O3Si. The molecule has 0 bridgehead atoms. The summed E-state index contributed by atoms with van der Waals surface area (Å²) in [6, 6.07) is 7.99. The average molecular weight is 339 g/mol. The van der Waals surface area contributed by atoms with Gasteiger partial charge in [0.15, 0.2) is 8.32 Å². The molecule has 0 saturated heterocycles. The minimum Gasteiger partial charge on any atom is -0.491 e. The number of ether oxygens (including phenoxy) is 1. The molecule has 23 heavy (non-hydrogen) atoms. The molecular weight excluding hydrogens is 304 g/mol. The molecule has 0 fully saturated rings. The summed E-state index contributed by atoms with van der Waals surface area (Å²) in [5.41, 5.74) is 0.372. The molecule has 1 N–H and O–H groups in total. The summed E-state index contributed by atoms with van der Waals surface area (Å²) in [7, 11) is -1.75. The first kappa shape index (κ1) is 20.2. The highest BCUT2D eigenvalue weighted by molar-refractivity contribution is 6.74. The van der Waals surface area contributed by atoms with Gasteiger partial charge in [0, 0.05) is 0 Å². The molecule has 0 aliphatic carbocycles. The van der Waals surface area contributed by atoms with Crippen molar-refractivity contribution in [2.45, 2.75) is 77.8 Å². The molecule has 0 aromatic heterocycles. The Morgan fingerprint density at radius 1 is 1.09 bits per heavy atom. The zero-order valence-corrected chi connectivity index (χ0v) is 16.9. The Bertz CT molecular complexity index is 488. The number of rotatable bonds is 8. The van der Waals surface area contributed by atoms with Crippen molar-refractivity contribution in [2.75, 3.05) is 6.61 Å². The van der Waals surface area contributed by atoms with Crippen LogP contribution in [-0.4, -0.2) is 25.6 Å². The highest BCUT2D eigenvalue weighted by Gasteiger charge is 2.37. The molecule has 1 aromatic carbocycles. The van der Waals surface area contributed by atoms with Gasteiger partial charge >= 0.3 is 0 Å². The second-order valence-electron chi connectivity index (χ2n) is 7.92. The Labute approximate surface area is 143 Å². The van der Waals surface area contributed by atoms with E-state index in [4.69, 9.17) is 9.16 Å². The van der Waals surface area contributed by atoms with E-state index in [1.165, 1.54) is 0 Å². The Hall–Kier alpha value is -0.843. The summed E-state index contributed by atoms with van der Waals surface area (Å²) in [4.78, 5) is 0. The van der Waals surface area contributed by atoms with Gasteiger partial charge in [-0.2, -0.15) is 0 Å². The minimum atomic E-state index is -1.75. The molecule has 4 heteroatoms. The highest BCUT2D eigenvalue weighted by Crippen LogP contribution is 2.37. The van der Waals surface area contributed by atoms with Gasteiger partial charge < -0.3 is 14.3 Å². The normalized spacial score (nSPS) is 13.2. The molecule has 0 aliphatic heterocycles. The first-order valence-electron chi connectivity index (χ1n) is 8.61. The monoisotopic (exact) mass is 338 g/mol. The van der Waals surface area contributed by atoms with E-state index in [0.717, 1.165) is 11.3 Å². The molecule has 0 atom stereocenters. The van der Waals surface area contributed by atoms with Crippen LogP contribution in [0.1, 0.15) is 53.0 Å². The third-order valence-corrected chi connectivity index (χ3v) is 9.61. The zero-order chi connectivity index (χ0) is 17.7. The molecule has 0 radical (unpaired) electrons. The molecule has 1 aromatic rings. The Morgan fingerprint density at radius 2 is 1.70 bits per heavy atom. The molecule has 132 valence electrons. The number of benzene rings is 1. The molecule has 0 aliphatic rings. The predicted molar refractivity (Wildman–Crippen MR) is 99.5 cm³/mol. The van der Waals surface area contributed by atoms with Crippen LogP contribution in [0.5, 0.6) is 5.75 Å². The number of hydrogen-bond acceptors (Lipinski definition) is 3. The summed E-state index contributed by atoms with van der Waals surface area (Å²) in [5.74, 6) is 0.793. The lowest BCUT2D eigenvalue weighted by Gasteiger charge is -2.36. The van der Waals surface area contributed by atoms with Crippen LogP contribution in [0.3, 0.4) is 0 Å². The standard InChI is InChI=1S/C19H34O3Si/c1-8-19(20,9-2)15-21-17-12-10-11-16(13-17)14-22-23(6,7)18(3,4)5/h10-13,20H,8-9,14-15H2,1-7H3. The Balaban J connectivity index is 2.67. The Morgan fingerprint density at radius 3 is 2.22 bits per heavy atom. The second-order valence-corrected chi connectivity index (χ2v) is 12.7. The summed E-state index contributed by atoms with van der Waals surface area (Å²) < 4.78 is 12.1. The van der Waals surface area contributed by atoms with Crippen molar-refractivity contribution >= 4 is 8.32 Å². The van der Waals surface area contributed by atoms with Gasteiger partial charge in [-0.05, 0) is 48.7 Å². The van der Waals surface area contributed by atoms with E-state index >= 15 is 0 Å². The largest absolute Gasteiger partial charge is 0.491 e. The minimum absolute atomic E-state index is 0.208. The summed E-state index contributed by atoms with van der Waals surface area (Å²) in [5, 5.41) is 10.5. The van der Waals surface area contributed by atoms with E-state index < -0.39 is 13.9 Å². The van der Waals surface area contributed by atoms with E-state index in [9.17, 15) is 5.11 Å². The molecule has 0 spiro atoms. The summed E-state index contributed by atoms with van der Waals surface area (Å²) in [6.45, 7) is 16.2. The van der Waals surface area contributed by atoms with E-state index in [2.05, 4.69) is 39.9 Å². The SMILES string of the molecule is CCC(O)(CC)COc1cccc(CO[Si](C)(C)C(C)(C)C)c1. The lowest BCUT2D eigenvalue weighted by atomic mass is 9.99. The second kappa shape index (κ2) is 7.82. The molecule has 0 heterocycles. The predicted octanol–water partition coefficient (Wildman–Crippen LogP) is 5.14. The topological polar surface area (TPSA) is 38.7 Å². The smallest absolute Gasteiger partial charge is 0.192 e. The molecule has 0 amide bonds. The first-order valence-corrected chi connectivity index (χ1v) is 11.5. The highest BCUT2D eigenvalue weighted by atomic mass is 28.4. The maximum atomic E-state index is 10.3. The fourth-order valence-electron chi connectivity index (χ4n) is 1.88. The van der Waals surface area contributed by atoms with Gasteiger partial charge in [-0.3, -0.25) is 0 Å². The quantitative estimate of drug-likeness (QED) is 0.667. The van der Waals surface area contributed by atoms with Crippen LogP contribution in [0, 0.1) is 0 Å². The summed E-state index contributed by atoms with van der Waals surface area (Å²) >= 11 is 0. The van der Waals surface area contributed by atoms with Gasteiger partial charge in [0.2, 0.25) is 0 Å². The first-order chi connectivity index (χ1) is 10.5. The van der Waals surface area contributed by atoms with Crippen molar-refractivity contribution in [2.24, 2.45) is 0 Å². The summed E-state index contributed by atoms with van der Waals surface area (Å²) in [6.07, 6.45) is 1.38. The van der Waals surface area contributed by atoms with E-state index in [-0.39, 0.29) is 5.04 Å². The Kier molecular flexibility index (Phi) is 6.87. The van der Waals surface area contributed by atoms with Crippen molar-refractivity contribution in [3.63, 3.8) is 0 Å². The van der Waals surface area contributed by atoms with Crippen molar-refractivity contribution in [1.29, 1.82) is 0 Å². The third-order valence-electron chi connectivity index (χ3n) is 5.13. The van der Waals surface area contributed by atoms with Gasteiger partial charge in [-0.1, -0.05) is 46.8 Å². The zero-order valence-electron chi connectivity index (χ0n) is 15.9. The maximum absolute atomic E-state index is 10.3. The van der Waals surface area contributed by atoms with Crippen LogP contribution in [0.15, 0.2) is 24.3 Å². The maximum Gasteiger partial charge on any atom is 0.192 e. The van der Waals surface area contributed by atoms with Crippen molar-refractivity contribution in [3.8, 4) is 5.75 Å². The average Bonchev–Trinajstić information content (AvgIpc) is 2.50. The molecule has 0 saturated carbocycles. The van der Waals surface area contributed by atoms with Gasteiger partial charge in [-0.15, -0.1) is 0 Å². The lowest BCUT2D eigenvalue weighted by molar-refractivity contribution is -0.0113. The molecule has 1 rings (SSSR count). The van der Waals surface area contributed by atoms with Gasteiger partial charge in [0.25, 0.3) is 0 Å². The van der Waals surface area contributed by atoms with Gasteiger partial charge in [-0.25, -0.2) is 0 Å². The van der Waals surface area contributed by atoms with Crippen LogP contribution in [0.25, 0.3) is 0 Å². The number of hydrogen-bond donors (Lipinski definition) is 1. The van der Waals surface area contributed by atoms with Crippen molar-refractivity contribution in [1.82, 2.24) is 0 Å². The fraction of sp³-hybridized carbons (Fsp3) is 0.684. The van der Waals surface area contributed by atoms with Crippen LogP contribution in [0.2, 0.25) is 18.1 Å². The lowest BCUT2D eigenvalue weighted by Crippen LogP contribution is -2.40. The fourth-order valence-corrected chi connectivity index (χ4v) is 2.84. The van der Waals surface area contributed by atoms with Gasteiger partial charge in [0.05, 0.1) is 12.2 Å². The van der Waals surface area contributed by atoms with Crippen LogP contribution in [0.4, 0.5) is 0 Å². The van der Waals surface area contributed by atoms with Crippen LogP contribution < -0.4 is 4.74 Å². The van der Waals surface area contributed by atoms with E-state index in [1.807, 2.05) is 32.0 Å². The van der Waals surface area contributed by atoms with Crippen LogP contribution >= 0.6 is 0 Å². The van der Waals surface area contributed by atoms with Gasteiger partial charge in [0.1, 0.15) is 12.4 Å². The molecule has 3 nitrogen and oxygen atoms in total. The molecule has 0 unspecified atom stereocenters. The van der Waals surface area contributed by atoms with E-state index in [1.54, 1.807) is 0 Å². The van der Waals surface area contributed by atoms with Crippen molar-refractivity contribution in [3.05, 3.63) is 29.8 Å². The van der Waals surface area contributed by atoms with Crippen molar-refractivity contribution < 1.29 is 14.3 Å². The van der Waals surface area contributed by atoms with Crippen LogP contribution in [-0.2, 0) is 11.0 Å². The third kappa shape index (κ3) is 5.94. The van der Waals surface area contributed by atoms with E-state index in [0.29, 0.717) is 26.1 Å². The number of aliphatic hydroxyl groups is 1.